The lowest BCUT2D eigenvalue weighted by Crippen LogP contribution is -2.49. The predicted octanol–water partition coefficient (Wildman–Crippen LogP) is 4.65. The summed E-state index contributed by atoms with van der Waals surface area (Å²) in [5.74, 6) is 0. The average molecular weight is 371 g/mol. The molecule has 0 spiro atoms. The van der Waals surface area contributed by atoms with Gasteiger partial charge in [-0.1, -0.05) is 29.7 Å². The summed E-state index contributed by atoms with van der Waals surface area (Å²) in [6.45, 7) is 7.29. The molecule has 0 aliphatic heterocycles. The molecule has 0 atom stereocenters. The lowest BCUT2D eigenvalue weighted by molar-refractivity contribution is -0.0893. The summed E-state index contributed by atoms with van der Waals surface area (Å²) in [4.78, 5) is 0. The number of rotatable bonds is 4. The highest BCUT2D eigenvalue weighted by Gasteiger charge is 2.35. The zero-order chi connectivity index (χ0) is 19.7. The average Bonchev–Trinajstić information content (AvgIpc) is 2.96. The summed E-state index contributed by atoms with van der Waals surface area (Å²) in [5, 5.41) is 15.0. The van der Waals surface area contributed by atoms with E-state index in [0.717, 1.165) is 27.4 Å². The van der Waals surface area contributed by atoms with Crippen LogP contribution in [0.15, 0.2) is 46.9 Å². The van der Waals surface area contributed by atoms with Gasteiger partial charge in [0, 0.05) is 10.8 Å². The van der Waals surface area contributed by atoms with Gasteiger partial charge < -0.3 is 14.2 Å². The number of aryl methyl sites for hydroxylation is 2. The van der Waals surface area contributed by atoms with Gasteiger partial charge in [0.25, 0.3) is 0 Å². The van der Waals surface area contributed by atoms with E-state index in [2.05, 4.69) is 30.3 Å². The van der Waals surface area contributed by atoms with Crippen LogP contribution in [-0.4, -0.2) is 23.8 Å². The molecule has 1 aliphatic rings. The molecule has 3 aromatic carbocycles. The zero-order valence-electron chi connectivity index (χ0n) is 16.8. The van der Waals surface area contributed by atoms with Crippen LogP contribution in [0, 0.1) is 0 Å². The topological polar surface area (TPSA) is 42.6 Å². The number of furan rings is 1. The predicted molar refractivity (Wildman–Crippen MR) is 115 cm³/mol. The van der Waals surface area contributed by atoms with E-state index >= 15 is 0 Å². The van der Waals surface area contributed by atoms with Crippen molar-refractivity contribution in [2.45, 2.75) is 51.7 Å². The highest BCUT2D eigenvalue weighted by molar-refractivity contribution is 6.47. The Balaban J connectivity index is 1.56. The first-order chi connectivity index (χ1) is 13.2. The van der Waals surface area contributed by atoms with Gasteiger partial charge in [0.1, 0.15) is 11.2 Å². The highest BCUT2D eigenvalue weighted by Crippen LogP contribution is 2.35. The van der Waals surface area contributed by atoms with Crippen molar-refractivity contribution < 1.29 is 14.2 Å². The lowest BCUT2D eigenvalue weighted by atomic mass is 9.82. The summed E-state index contributed by atoms with van der Waals surface area (Å²) in [7, 11) is 1.72. The van der Waals surface area contributed by atoms with Crippen LogP contribution in [0.25, 0.3) is 32.7 Å². The molecule has 1 heterocycles. The van der Waals surface area contributed by atoms with E-state index in [9.17, 15) is 5.11 Å². The van der Waals surface area contributed by atoms with Gasteiger partial charge in [-0.25, -0.2) is 0 Å². The van der Waals surface area contributed by atoms with Crippen LogP contribution in [0.1, 0.15) is 38.8 Å². The van der Waals surface area contributed by atoms with Gasteiger partial charge in [0.2, 0.25) is 0 Å². The first-order valence-corrected chi connectivity index (χ1v) is 9.86. The number of aliphatic hydroxyl groups is 1. The van der Waals surface area contributed by atoms with Crippen molar-refractivity contribution in [1.29, 1.82) is 0 Å². The summed E-state index contributed by atoms with van der Waals surface area (Å²) in [5.41, 5.74) is 4.03. The van der Waals surface area contributed by atoms with E-state index in [1.807, 2.05) is 26.0 Å². The number of hydrogen-bond acceptors (Lipinski definition) is 3. The van der Waals surface area contributed by atoms with Gasteiger partial charge in [-0.3, -0.25) is 0 Å². The molecule has 0 bridgehead atoms. The van der Waals surface area contributed by atoms with Crippen molar-refractivity contribution in [3.63, 3.8) is 0 Å². The zero-order valence-corrected chi connectivity index (χ0v) is 16.8. The van der Waals surface area contributed by atoms with Crippen LogP contribution in [0.2, 0.25) is 0 Å². The molecule has 1 aliphatic carbocycles. The maximum absolute atomic E-state index is 10.3. The molecule has 5 rings (SSSR count). The van der Waals surface area contributed by atoms with E-state index in [0.29, 0.717) is 0 Å². The maximum Gasteiger partial charge on any atom is 0.330 e. The third-order valence-corrected chi connectivity index (χ3v) is 6.40. The fraction of sp³-hybridized carbons (Fsp3) is 0.333. The summed E-state index contributed by atoms with van der Waals surface area (Å²) in [6, 6.07) is 15.1. The Morgan fingerprint density at radius 3 is 2.14 bits per heavy atom. The van der Waals surface area contributed by atoms with Crippen LogP contribution in [0.5, 0.6) is 0 Å². The fourth-order valence-electron chi connectivity index (χ4n) is 3.67. The van der Waals surface area contributed by atoms with Crippen LogP contribution in [-0.2, 0) is 17.5 Å². The molecule has 0 fully saturated rings. The molecule has 141 valence electrons. The summed E-state index contributed by atoms with van der Waals surface area (Å²) in [6.07, 6.45) is 2.37. The number of hydrogen-bond donors (Lipinski definition) is 1. The fourth-order valence-corrected chi connectivity index (χ4v) is 3.67. The van der Waals surface area contributed by atoms with Crippen LogP contribution in [0.3, 0.4) is 0 Å². The first kappa shape index (κ1) is 17.8. The van der Waals surface area contributed by atoms with Crippen molar-refractivity contribution in [3.05, 3.63) is 53.6 Å². The first-order valence-electron chi connectivity index (χ1n) is 9.86. The highest BCUT2D eigenvalue weighted by atomic mass is 16.5. The Morgan fingerprint density at radius 2 is 1.50 bits per heavy atom. The minimum absolute atomic E-state index is 0.696. The van der Waals surface area contributed by atoms with Crippen molar-refractivity contribution in [3.8, 4) is 0 Å². The Morgan fingerprint density at radius 1 is 0.857 bits per heavy atom. The summed E-state index contributed by atoms with van der Waals surface area (Å²) < 4.78 is 12.0. The van der Waals surface area contributed by atoms with E-state index < -0.39 is 11.2 Å². The van der Waals surface area contributed by atoms with Crippen molar-refractivity contribution in [2.24, 2.45) is 0 Å². The van der Waals surface area contributed by atoms with Gasteiger partial charge in [0.05, 0.1) is 11.2 Å². The second-order valence-corrected chi connectivity index (χ2v) is 8.98. The molecule has 1 N–H and O–H groups in total. The third kappa shape index (κ3) is 2.75. The van der Waals surface area contributed by atoms with Crippen molar-refractivity contribution in [2.75, 3.05) is 0 Å². The number of benzene rings is 3. The molecule has 0 amide bonds. The molecule has 0 saturated heterocycles. The van der Waals surface area contributed by atoms with Gasteiger partial charge >= 0.3 is 7.48 Å². The van der Waals surface area contributed by atoms with Crippen molar-refractivity contribution in [1.82, 2.24) is 0 Å². The van der Waals surface area contributed by atoms with E-state index in [4.69, 9.17) is 9.07 Å². The monoisotopic (exact) mass is 371 g/mol. The van der Waals surface area contributed by atoms with Crippen LogP contribution < -0.4 is 5.46 Å². The molecular weight excluding hydrogens is 347 g/mol. The van der Waals surface area contributed by atoms with Gasteiger partial charge in [-0.15, -0.1) is 0 Å². The minimum atomic E-state index is -0.948. The Bertz CT molecular complexity index is 1230. The Hall–Kier alpha value is -2.30. The van der Waals surface area contributed by atoms with Gasteiger partial charge in [-0.05, 0) is 80.6 Å². The third-order valence-electron chi connectivity index (χ3n) is 6.40. The van der Waals surface area contributed by atoms with E-state index in [1.54, 1.807) is 21.3 Å². The molecule has 1 aromatic heterocycles. The standard InChI is InChI=1S/C24H24BO3/c1-23(2,26)24(3,4)28-25-18-7-8-21-20(13-18)19-11-16-9-14-5-6-15(14)10-17(16)12-22(19)27-21/h7-13,26H,5-6H2,1-4H3. The van der Waals surface area contributed by atoms with E-state index in [1.165, 1.54) is 34.7 Å². The van der Waals surface area contributed by atoms with Crippen LogP contribution >= 0.6 is 0 Å². The molecule has 0 unspecified atom stereocenters. The molecule has 1 radical (unpaired) electrons. The number of fused-ring (bicyclic) bond motifs is 5. The summed E-state index contributed by atoms with van der Waals surface area (Å²) >= 11 is 0. The molecule has 0 saturated carbocycles. The van der Waals surface area contributed by atoms with Gasteiger partial charge in [-0.2, -0.15) is 0 Å². The molecule has 28 heavy (non-hydrogen) atoms. The second-order valence-electron chi connectivity index (χ2n) is 8.98. The molecule has 4 aromatic rings. The van der Waals surface area contributed by atoms with E-state index in [-0.39, 0.29) is 0 Å². The normalized spacial score (nSPS) is 14.5. The van der Waals surface area contributed by atoms with Gasteiger partial charge in [0.15, 0.2) is 0 Å². The largest absolute Gasteiger partial charge is 0.456 e. The lowest BCUT2D eigenvalue weighted by Gasteiger charge is -2.37. The Kier molecular flexibility index (Phi) is 3.72. The molecule has 3 nitrogen and oxygen atoms in total. The maximum atomic E-state index is 10.3. The molecular formula is C24H24BO3. The minimum Gasteiger partial charge on any atom is -0.456 e. The molecule has 4 heteroatoms. The van der Waals surface area contributed by atoms with Crippen LogP contribution in [0.4, 0.5) is 0 Å². The van der Waals surface area contributed by atoms with Crippen molar-refractivity contribution >= 4 is 45.7 Å². The second kappa shape index (κ2) is 5.85. The quantitative estimate of drug-likeness (QED) is 0.531. The Labute approximate surface area is 165 Å². The SMILES string of the molecule is CC(C)(O)C(C)(C)O[B]c1ccc2oc3cc4cc5c(cc4cc3c2c1)CC5. The smallest absolute Gasteiger partial charge is 0.330 e.